The number of hydrogen-bond donors (Lipinski definition) is 1. The largest absolute Gasteiger partial charge is 0.298 e. The number of nitro benzene ring substituents is 1. The highest BCUT2D eigenvalue weighted by Gasteiger charge is 2.34. The first kappa shape index (κ1) is 20.1. The third kappa shape index (κ3) is 3.93. The number of unbranched alkanes of at least 4 members (excludes halogenated alkanes) is 2. The Bertz CT molecular complexity index is 1150. The summed E-state index contributed by atoms with van der Waals surface area (Å²) < 4.78 is 0. The number of nitrogens with zero attached hydrogens (tertiary/aromatic N) is 4. The first-order chi connectivity index (χ1) is 14.6. The highest BCUT2D eigenvalue weighted by atomic mass is 32.2. The third-order valence-corrected chi connectivity index (χ3v) is 5.83. The molecule has 0 fully saturated rings. The second kappa shape index (κ2) is 8.66. The normalized spacial score (nSPS) is 17.4. The molecule has 1 amide bonds. The lowest BCUT2D eigenvalue weighted by atomic mass is 10.1. The van der Waals surface area contributed by atoms with Crippen LogP contribution in [-0.2, 0) is 4.79 Å². The number of fused-ring (bicyclic) bond motifs is 2. The van der Waals surface area contributed by atoms with Crippen molar-refractivity contribution in [2.24, 2.45) is 10.1 Å². The minimum Gasteiger partial charge on any atom is -0.298 e. The van der Waals surface area contributed by atoms with Crippen LogP contribution >= 0.6 is 11.8 Å². The zero-order valence-corrected chi connectivity index (χ0v) is 17.3. The molecule has 154 valence electrons. The summed E-state index contributed by atoms with van der Waals surface area (Å²) in [5, 5.41) is 22.2. The molecule has 0 radical (unpaired) electrons. The molecule has 4 rings (SSSR count). The number of rotatable bonds is 6. The average Bonchev–Trinajstić information content (AvgIpc) is 2.76. The number of amides is 1. The average molecular weight is 423 g/mol. The van der Waals surface area contributed by atoms with Gasteiger partial charge in [0.1, 0.15) is 5.70 Å². The molecule has 2 aromatic rings. The molecule has 30 heavy (non-hydrogen) atoms. The number of carbonyl (C=O) groups excluding carboxylic acids is 1. The van der Waals surface area contributed by atoms with Gasteiger partial charge >= 0.3 is 0 Å². The van der Waals surface area contributed by atoms with E-state index in [-0.39, 0.29) is 11.6 Å². The van der Waals surface area contributed by atoms with Gasteiger partial charge in [-0.1, -0.05) is 61.9 Å². The van der Waals surface area contributed by atoms with E-state index in [0.717, 1.165) is 25.0 Å². The molecule has 1 N–H and O–H groups in total. The highest BCUT2D eigenvalue weighted by molar-refractivity contribution is 8.13. The highest BCUT2D eigenvalue weighted by Crippen LogP contribution is 2.32. The molecule has 2 aliphatic heterocycles. The molecule has 0 aliphatic carbocycles. The smallest absolute Gasteiger partial charge is 0.276 e. The maximum Gasteiger partial charge on any atom is 0.276 e. The summed E-state index contributed by atoms with van der Waals surface area (Å²) in [5.41, 5.74) is 0.975. The summed E-state index contributed by atoms with van der Waals surface area (Å²) >= 11 is 1.50. The van der Waals surface area contributed by atoms with Crippen LogP contribution in [-0.4, -0.2) is 26.8 Å². The molecule has 1 unspecified atom stereocenters. The van der Waals surface area contributed by atoms with Crippen LogP contribution in [0.4, 0.5) is 5.69 Å². The van der Waals surface area contributed by atoms with Gasteiger partial charge in [0.15, 0.2) is 11.3 Å². The lowest BCUT2D eigenvalue weighted by Gasteiger charge is -2.34. The van der Waals surface area contributed by atoms with E-state index < -0.39 is 11.1 Å². The van der Waals surface area contributed by atoms with Gasteiger partial charge in [0.25, 0.3) is 11.6 Å². The minimum absolute atomic E-state index is 0.0253. The van der Waals surface area contributed by atoms with E-state index in [4.69, 9.17) is 4.99 Å². The lowest BCUT2D eigenvalue weighted by Crippen LogP contribution is -2.50. The molecule has 0 bridgehead atoms. The maximum atomic E-state index is 13.0. The SMILES string of the molecule is CCCCCSC1=NN2C(=c3ccccc3=NC2c2cccc([N+](=O)[O-])c2)C(=O)N1. The fraction of sp³-hybridized carbons (Fsp3) is 0.286. The number of benzene rings is 2. The molecule has 0 saturated heterocycles. The number of nitro groups is 1. The van der Waals surface area contributed by atoms with E-state index in [0.29, 0.717) is 27.0 Å². The zero-order valence-electron chi connectivity index (χ0n) is 16.4. The van der Waals surface area contributed by atoms with Crippen LogP contribution < -0.4 is 15.9 Å². The van der Waals surface area contributed by atoms with Gasteiger partial charge < -0.3 is 0 Å². The lowest BCUT2D eigenvalue weighted by molar-refractivity contribution is -0.384. The number of hydrogen-bond acceptors (Lipinski definition) is 7. The molecule has 9 heteroatoms. The molecule has 2 aliphatic rings. The molecule has 8 nitrogen and oxygen atoms in total. The van der Waals surface area contributed by atoms with Crippen LogP contribution in [0.5, 0.6) is 0 Å². The van der Waals surface area contributed by atoms with Crippen molar-refractivity contribution in [3.05, 3.63) is 74.8 Å². The Labute approximate surface area is 177 Å². The van der Waals surface area contributed by atoms with Gasteiger partial charge in [0.2, 0.25) is 0 Å². The van der Waals surface area contributed by atoms with E-state index in [1.807, 2.05) is 24.3 Å². The standard InChI is InChI=1S/C21H21N5O3S/c1-2-3-6-12-30-21-23-20(27)18-16-10-4-5-11-17(16)22-19(25(18)24-21)14-8-7-9-15(13-14)26(28)29/h4-5,7-11,13,19H,2-3,6,12H2,1H3,(H,23,24,27). The molecule has 0 spiro atoms. The molecule has 0 aromatic heterocycles. The molecule has 0 saturated carbocycles. The molecule has 1 atom stereocenters. The fourth-order valence-electron chi connectivity index (χ4n) is 3.43. The van der Waals surface area contributed by atoms with Crippen molar-refractivity contribution in [1.82, 2.24) is 10.3 Å². The molecule has 2 aromatic carbocycles. The van der Waals surface area contributed by atoms with E-state index in [2.05, 4.69) is 17.3 Å². The first-order valence-corrected chi connectivity index (χ1v) is 10.8. The topological polar surface area (TPSA) is 100 Å². The number of nitrogens with one attached hydrogen (secondary N) is 1. The van der Waals surface area contributed by atoms with Crippen LogP contribution in [0.15, 0.2) is 58.6 Å². The van der Waals surface area contributed by atoms with E-state index in [9.17, 15) is 14.9 Å². The van der Waals surface area contributed by atoms with E-state index in [1.54, 1.807) is 17.1 Å². The van der Waals surface area contributed by atoms with Crippen LogP contribution in [0.25, 0.3) is 5.70 Å². The fourth-order valence-corrected chi connectivity index (χ4v) is 4.28. The Morgan fingerprint density at radius 1 is 1.20 bits per heavy atom. The Morgan fingerprint density at radius 3 is 2.83 bits per heavy atom. The minimum atomic E-state index is -0.660. The zero-order chi connectivity index (χ0) is 21.1. The van der Waals surface area contributed by atoms with Crippen LogP contribution in [0.2, 0.25) is 0 Å². The summed E-state index contributed by atoms with van der Waals surface area (Å²) in [6, 6.07) is 13.7. The van der Waals surface area contributed by atoms with Crippen molar-refractivity contribution in [3.63, 3.8) is 0 Å². The monoisotopic (exact) mass is 423 g/mol. The second-order valence-electron chi connectivity index (χ2n) is 6.98. The predicted octanol–water partition coefficient (Wildman–Crippen LogP) is 2.66. The van der Waals surface area contributed by atoms with Gasteiger partial charge in [-0.15, -0.1) is 5.10 Å². The van der Waals surface area contributed by atoms with Crippen molar-refractivity contribution in [3.8, 4) is 0 Å². The molecule has 2 heterocycles. The predicted molar refractivity (Wildman–Crippen MR) is 116 cm³/mol. The number of carbonyl (C=O) groups is 1. The number of hydrazone groups is 1. The first-order valence-electron chi connectivity index (χ1n) is 9.82. The summed E-state index contributed by atoms with van der Waals surface area (Å²) in [6.45, 7) is 2.14. The second-order valence-corrected chi connectivity index (χ2v) is 8.06. The summed E-state index contributed by atoms with van der Waals surface area (Å²) in [4.78, 5) is 28.6. The van der Waals surface area contributed by atoms with Gasteiger partial charge in [-0.25, -0.2) is 5.01 Å². The number of amidine groups is 1. The van der Waals surface area contributed by atoms with Gasteiger partial charge in [0, 0.05) is 28.7 Å². The Hall–Kier alpha value is -3.20. The van der Waals surface area contributed by atoms with Crippen molar-refractivity contribution in [2.75, 3.05) is 5.75 Å². The van der Waals surface area contributed by atoms with Crippen LogP contribution in [0, 0.1) is 10.1 Å². The van der Waals surface area contributed by atoms with Crippen LogP contribution in [0.3, 0.4) is 0 Å². The summed E-state index contributed by atoms with van der Waals surface area (Å²) in [5.74, 6) is 0.603. The Kier molecular flexibility index (Phi) is 5.80. The number of para-hydroxylation sites is 1. The van der Waals surface area contributed by atoms with E-state index >= 15 is 0 Å². The van der Waals surface area contributed by atoms with Gasteiger partial charge in [-0.05, 0) is 12.5 Å². The summed E-state index contributed by atoms with van der Waals surface area (Å²) in [7, 11) is 0. The van der Waals surface area contributed by atoms with Gasteiger partial charge in [-0.3, -0.25) is 25.2 Å². The molecular formula is C21H21N5O3S. The maximum absolute atomic E-state index is 13.0. The third-order valence-electron chi connectivity index (χ3n) is 4.88. The quantitative estimate of drug-likeness (QED) is 0.437. The van der Waals surface area contributed by atoms with E-state index in [1.165, 1.54) is 23.9 Å². The summed E-state index contributed by atoms with van der Waals surface area (Å²) in [6.07, 6.45) is 2.61. The van der Waals surface area contributed by atoms with Crippen molar-refractivity contribution < 1.29 is 9.72 Å². The molecular weight excluding hydrogens is 402 g/mol. The number of thioether (sulfide) groups is 1. The van der Waals surface area contributed by atoms with Gasteiger partial charge in [0.05, 0.1) is 10.3 Å². The van der Waals surface area contributed by atoms with Crippen molar-refractivity contribution in [2.45, 2.75) is 32.4 Å². The van der Waals surface area contributed by atoms with Gasteiger partial charge in [-0.2, -0.15) is 0 Å². The van der Waals surface area contributed by atoms with Crippen molar-refractivity contribution >= 4 is 34.2 Å². The number of non-ortho nitro benzene ring substituents is 1. The Balaban J connectivity index is 1.79. The van der Waals surface area contributed by atoms with Crippen molar-refractivity contribution in [1.29, 1.82) is 0 Å². The Morgan fingerprint density at radius 2 is 2.03 bits per heavy atom. The van der Waals surface area contributed by atoms with Crippen LogP contribution in [0.1, 0.15) is 37.9 Å².